The quantitative estimate of drug-likeness (QED) is 0.303. The molecule has 1 aliphatic carbocycles. The van der Waals surface area contributed by atoms with Gasteiger partial charge in [0.05, 0.1) is 0 Å². The van der Waals surface area contributed by atoms with Gasteiger partial charge >= 0.3 is 17.9 Å². The molecule has 1 aliphatic rings. The number of rotatable bonds is 7. The Hall–Kier alpha value is -4.00. The molecule has 0 aliphatic heterocycles. The number of fused-ring (bicyclic) bond motifs is 1. The first-order valence-electron chi connectivity index (χ1n) is 10.6. The van der Waals surface area contributed by atoms with Gasteiger partial charge in [-0.15, -0.1) is 0 Å². The Morgan fingerprint density at radius 1 is 0.853 bits per heavy atom. The molecule has 6 nitrogen and oxygen atoms in total. The smallest absolute Gasteiger partial charge is 0.338 e. The van der Waals surface area contributed by atoms with E-state index in [-0.39, 0.29) is 28.2 Å². The highest BCUT2D eigenvalue weighted by Crippen LogP contribution is 2.43. The second-order valence-electron chi connectivity index (χ2n) is 8.20. The number of benzene rings is 2. The van der Waals surface area contributed by atoms with Crippen molar-refractivity contribution < 1.29 is 33.0 Å². The lowest BCUT2D eigenvalue weighted by Gasteiger charge is -2.16. The van der Waals surface area contributed by atoms with Gasteiger partial charge in [-0.25, -0.2) is 18.8 Å². The average molecular weight is 464 g/mol. The molecule has 1 unspecified atom stereocenters. The molecule has 0 N–H and O–H groups in total. The fourth-order valence-corrected chi connectivity index (χ4v) is 3.50. The number of hydrogen-bond acceptors (Lipinski definition) is 6. The van der Waals surface area contributed by atoms with E-state index in [9.17, 15) is 14.4 Å². The van der Waals surface area contributed by atoms with Crippen molar-refractivity contribution in [1.29, 1.82) is 0 Å². The molecule has 3 rings (SSSR count). The summed E-state index contributed by atoms with van der Waals surface area (Å²) in [6.45, 7) is 15.1. The van der Waals surface area contributed by atoms with Crippen LogP contribution in [-0.4, -0.2) is 17.9 Å². The number of ether oxygens (including phenoxy) is 3. The van der Waals surface area contributed by atoms with E-state index in [1.54, 1.807) is 19.1 Å². The number of carbonyl (C=O) groups is 3. The van der Waals surface area contributed by atoms with Gasteiger partial charge in [-0.3, -0.25) is 0 Å². The van der Waals surface area contributed by atoms with E-state index in [0.717, 1.165) is 17.2 Å². The van der Waals surface area contributed by atoms with Crippen molar-refractivity contribution in [3.63, 3.8) is 0 Å². The van der Waals surface area contributed by atoms with Gasteiger partial charge in [0.2, 0.25) is 0 Å². The van der Waals surface area contributed by atoms with Crippen molar-refractivity contribution in [2.24, 2.45) is 0 Å². The topological polar surface area (TPSA) is 78.9 Å². The SMILES string of the molecule is C=C(C)C(=O)Oc1cc(F)c(-c2cccc3c2CCC3OC(=O)C(=C)C)cc1OC(=O)C(=C)C. The molecule has 0 spiro atoms. The van der Waals surface area contributed by atoms with Crippen LogP contribution in [0.1, 0.15) is 44.4 Å². The summed E-state index contributed by atoms with van der Waals surface area (Å²) < 4.78 is 31.3. The molecule has 7 heteroatoms. The van der Waals surface area contributed by atoms with Crippen molar-refractivity contribution in [2.45, 2.75) is 39.7 Å². The molecule has 0 radical (unpaired) electrons. The maximum atomic E-state index is 15.3. The summed E-state index contributed by atoms with van der Waals surface area (Å²) in [6.07, 6.45) is 0.615. The lowest BCUT2D eigenvalue weighted by atomic mass is 9.96. The summed E-state index contributed by atoms with van der Waals surface area (Å²) in [5.41, 5.74) is 2.77. The van der Waals surface area contributed by atoms with E-state index in [1.807, 2.05) is 6.07 Å². The van der Waals surface area contributed by atoms with Crippen LogP contribution >= 0.6 is 0 Å². The third-order valence-electron chi connectivity index (χ3n) is 5.24. The highest BCUT2D eigenvalue weighted by atomic mass is 19.1. The lowest BCUT2D eigenvalue weighted by Crippen LogP contribution is -2.13. The van der Waals surface area contributed by atoms with E-state index in [2.05, 4.69) is 19.7 Å². The van der Waals surface area contributed by atoms with Crippen LogP contribution in [0.3, 0.4) is 0 Å². The van der Waals surface area contributed by atoms with Crippen molar-refractivity contribution in [1.82, 2.24) is 0 Å². The Balaban J connectivity index is 2.07. The van der Waals surface area contributed by atoms with E-state index >= 15 is 4.39 Å². The summed E-state index contributed by atoms with van der Waals surface area (Å²) in [4.78, 5) is 36.2. The van der Waals surface area contributed by atoms with E-state index in [0.29, 0.717) is 24.0 Å². The Bertz CT molecular complexity index is 1240. The first-order chi connectivity index (χ1) is 16.0. The standard InChI is InChI=1S/C27H25FO6/c1-14(2)25(29)32-22-11-10-18-17(8-7-9-19(18)22)20-12-23(33-26(30)15(3)4)24(13-21(20)28)34-27(31)16(5)6/h7-9,12-13,22H,1,3,5,10-11H2,2,4,6H3. The molecule has 0 amide bonds. The van der Waals surface area contributed by atoms with Crippen LogP contribution in [0.2, 0.25) is 0 Å². The summed E-state index contributed by atoms with van der Waals surface area (Å²) in [6, 6.07) is 7.58. The third kappa shape index (κ3) is 5.14. The fourth-order valence-electron chi connectivity index (χ4n) is 3.50. The van der Waals surface area contributed by atoms with Gasteiger partial charge in [-0.2, -0.15) is 0 Å². The molecular weight excluding hydrogens is 439 g/mol. The molecule has 2 aromatic carbocycles. The van der Waals surface area contributed by atoms with Crippen LogP contribution in [0.25, 0.3) is 11.1 Å². The van der Waals surface area contributed by atoms with Crippen molar-refractivity contribution in [2.75, 3.05) is 0 Å². The van der Waals surface area contributed by atoms with Gasteiger partial charge in [0, 0.05) is 28.3 Å². The zero-order valence-corrected chi connectivity index (χ0v) is 19.3. The third-order valence-corrected chi connectivity index (χ3v) is 5.24. The summed E-state index contributed by atoms with van der Waals surface area (Å²) in [5, 5.41) is 0. The van der Waals surface area contributed by atoms with Crippen LogP contribution in [0.15, 0.2) is 66.8 Å². The number of esters is 3. The molecule has 2 aromatic rings. The minimum Gasteiger partial charge on any atom is -0.454 e. The van der Waals surface area contributed by atoms with Crippen LogP contribution in [-0.2, 0) is 25.5 Å². The number of halogens is 1. The molecule has 34 heavy (non-hydrogen) atoms. The maximum Gasteiger partial charge on any atom is 0.338 e. The molecule has 0 heterocycles. The van der Waals surface area contributed by atoms with Crippen LogP contribution < -0.4 is 9.47 Å². The zero-order chi connectivity index (χ0) is 25.2. The molecule has 0 saturated carbocycles. The summed E-state index contributed by atoms with van der Waals surface area (Å²) >= 11 is 0. The zero-order valence-electron chi connectivity index (χ0n) is 19.3. The maximum absolute atomic E-state index is 15.3. The van der Waals surface area contributed by atoms with Crippen molar-refractivity contribution in [3.8, 4) is 22.6 Å². The Morgan fingerprint density at radius 2 is 1.41 bits per heavy atom. The molecule has 0 bridgehead atoms. The highest BCUT2D eigenvalue weighted by Gasteiger charge is 2.29. The second-order valence-corrected chi connectivity index (χ2v) is 8.20. The van der Waals surface area contributed by atoms with Crippen molar-refractivity contribution in [3.05, 3.63) is 83.7 Å². The van der Waals surface area contributed by atoms with Gasteiger partial charge in [0.15, 0.2) is 11.5 Å². The van der Waals surface area contributed by atoms with Crippen LogP contribution in [0.5, 0.6) is 11.5 Å². The molecule has 176 valence electrons. The predicted octanol–water partition coefficient (Wildman–Crippen LogP) is 5.56. The largest absolute Gasteiger partial charge is 0.454 e. The first kappa shape index (κ1) is 24.6. The first-order valence-corrected chi connectivity index (χ1v) is 10.6. The van der Waals surface area contributed by atoms with Gasteiger partial charge in [-0.1, -0.05) is 37.9 Å². The monoisotopic (exact) mass is 464 g/mol. The van der Waals surface area contributed by atoms with E-state index < -0.39 is 29.8 Å². The van der Waals surface area contributed by atoms with Crippen molar-refractivity contribution >= 4 is 17.9 Å². The van der Waals surface area contributed by atoms with Gasteiger partial charge in [0.1, 0.15) is 11.9 Å². The van der Waals surface area contributed by atoms with E-state index in [4.69, 9.17) is 14.2 Å². The van der Waals surface area contributed by atoms with Gasteiger partial charge in [-0.05, 0) is 56.4 Å². The molecular formula is C27H25FO6. The lowest BCUT2D eigenvalue weighted by molar-refractivity contribution is -0.144. The van der Waals surface area contributed by atoms with Gasteiger partial charge in [0.25, 0.3) is 0 Å². The highest BCUT2D eigenvalue weighted by molar-refractivity contribution is 5.91. The molecule has 0 aromatic heterocycles. The average Bonchev–Trinajstić information content (AvgIpc) is 3.18. The fraction of sp³-hybridized carbons (Fsp3) is 0.222. The van der Waals surface area contributed by atoms with Crippen LogP contribution in [0, 0.1) is 5.82 Å². The minimum atomic E-state index is -0.789. The molecule has 0 fully saturated rings. The molecule has 1 atom stereocenters. The van der Waals surface area contributed by atoms with E-state index in [1.165, 1.54) is 19.9 Å². The van der Waals surface area contributed by atoms with Crippen LogP contribution in [0.4, 0.5) is 4.39 Å². The second kappa shape index (κ2) is 9.87. The Kier molecular flexibility index (Phi) is 7.15. The summed E-state index contributed by atoms with van der Waals surface area (Å²) in [5.74, 6) is -3.12. The Morgan fingerprint density at radius 3 is 1.97 bits per heavy atom. The number of carbonyl (C=O) groups excluding carboxylic acids is 3. The normalized spacial score (nSPS) is 14.1. The number of hydrogen-bond donors (Lipinski definition) is 0. The predicted molar refractivity (Wildman–Crippen MR) is 125 cm³/mol. The minimum absolute atomic E-state index is 0.0953. The summed E-state index contributed by atoms with van der Waals surface area (Å²) in [7, 11) is 0. The molecule has 0 saturated heterocycles. The Labute approximate surface area is 197 Å². The van der Waals surface area contributed by atoms with Gasteiger partial charge < -0.3 is 14.2 Å².